The Morgan fingerprint density at radius 3 is 2.75 bits per heavy atom. The Labute approximate surface area is 119 Å². The van der Waals surface area contributed by atoms with Gasteiger partial charge in [0.05, 0.1) is 0 Å². The molecule has 0 fully saturated rings. The number of nitrogens with two attached hydrogens (primary N) is 1. The van der Waals surface area contributed by atoms with E-state index in [9.17, 15) is 4.39 Å². The maximum Gasteiger partial charge on any atom is 0.126 e. The van der Waals surface area contributed by atoms with E-state index in [1.807, 2.05) is 24.3 Å². The van der Waals surface area contributed by atoms with E-state index in [1.54, 1.807) is 13.1 Å². The molecule has 0 aliphatic heterocycles. The fourth-order valence-corrected chi connectivity index (χ4v) is 2.30. The number of nitrogens with one attached hydrogen (secondary N) is 1. The molecule has 4 heteroatoms. The number of anilines is 1. The number of hydrogen-bond donors (Lipinski definition) is 2. The fourth-order valence-electron chi connectivity index (χ4n) is 2.30. The molecule has 2 rings (SSSR count). The van der Waals surface area contributed by atoms with Gasteiger partial charge in [0.1, 0.15) is 11.6 Å². The summed E-state index contributed by atoms with van der Waals surface area (Å²) >= 11 is 0. The average Bonchev–Trinajstić information content (AvgIpc) is 2.41. The topological polar surface area (TPSA) is 50.9 Å². The van der Waals surface area contributed by atoms with Gasteiger partial charge in [0, 0.05) is 12.2 Å². The minimum absolute atomic E-state index is 0.140. The van der Waals surface area contributed by atoms with Gasteiger partial charge in [-0.05, 0) is 54.8 Å². The van der Waals surface area contributed by atoms with E-state index < -0.39 is 0 Å². The second kappa shape index (κ2) is 6.48. The molecule has 1 aromatic carbocycles. The third kappa shape index (κ3) is 3.54. The fraction of sp³-hybridized carbons (Fsp3) is 0.312. The first-order chi connectivity index (χ1) is 9.60. The van der Waals surface area contributed by atoms with Crippen LogP contribution in [-0.2, 0) is 6.42 Å². The van der Waals surface area contributed by atoms with E-state index in [2.05, 4.69) is 17.2 Å². The standard InChI is InChI=1S/C16H20FN3/c1-3-19-15(9-12-6-7-20-16(18)10-12)13-4-5-14(17)11(2)8-13/h4-8,10,15,19H,3,9H2,1-2H3,(H2,18,20). The van der Waals surface area contributed by atoms with Crippen molar-refractivity contribution >= 4 is 5.82 Å². The number of nitrogen functional groups attached to an aromatic ring is 1. The van der Waals surface area contributed by atoms with Gasteiger partial charge in [0.15, 0.2) is 0 Å². The van der Waals surface area contributed by atoms with Crippen LogP contribution in [0.3, 0.4) is 0 Å². The highest BCUT2D eigenvalue weighted by molar-refractivity contribution is 5.34. The normalized spacial score (nSPS) is 12.3. The van der Waals surface area contributed by atoms with Crippen molar-refractivity contribution in [3.8, 4) is 0 Å². The lowest BCUT2D eigenvalue weighted by atomic mass is 9.97. The van der Waals surface area contributed by atoms with E-state index in [4.69, 9.17) is 5.73 Å². The smallest absolute Gasteiger partial charge is 0.126 e. The van der Waals surface area contributed by atoms with E-state index in [1.165, 1.54) is 6.07 Å². The maximum absolute atomic E-state index is 13.4. The summed E-state index contributed by atoms with van der Waals surface area (Å²) in [6.07, 6.45) is 2.51. The van der Waals surface area contributed by atoms with Gasteiger partial charge in [-0.3, -0.25) is 0 Å². The van der Waals surface area contributed by atoms with Crippen LogP contribution in [0.25, 0.3) is 0 Å². The Morgan fingerprint density at radius 2 is 2.10 bits per heavy atom. The third-order valence-corrected chi connectivity index (χ3v) is 3.32. The van der Waals surface area contributed by atoms with Crippen molar-refractivity contribution in [2.24, 2.45) is 0 Å². The molecule has 1 aromatic heterocycles. The number of benzene rings is 1. The Kier molecular flexibility index (Phi) is 4.69. The summed E-state index contributed by atoms with van der Waals surface area (Å²) in [5.74, 6) is 0.352. The molecule has 0 bridgehead atoms. The number of halogens is 1. The van der Waals surface area contributed by atoms with Crippen LogP contribution >= 0.6 is 0 Å². The minimum Gasteiger partial charge on any atom is -0.384 e. The number of hydrogen-bond acceptors (Lipinski definition) is 3. The zero-order valence-electron chi connectivity index (χ0n) is 11.9. The number of aromatic nitrogens is 1. The molecule has 0 saturated carbocycles. The second-order valence-corrected chi connectivity index (χ2v) is 4.91. The molecule has 1 heterocycles. The molecular weight excluding hydrogens is 253 g/mol. The largest absolute Gasteiger partial charge is 0.384 e. The van der Waals surface area contributed by atoms with E-state index in [0.717, 1.165) is 24.1 Å². The predicted molar refractivity (Wildman–Crippen MR) is 79.9 cm³/mol. The van der Waals surface area contributed by atoms with Gasteiger partial charge >= 0.3 is 0 Å². The lowest BCUT2D eigenvalue weighted by Gasteiger charge is -2.19. The van der Waals surface area contributed by atoms with Crippen LogP contribution in [0.4, 0.5) is 10.2 Å². The highest BCUT2D eigenvalue weighted by atomic mass is 19.1. The summed E-state index contributed by atoms with van der Waals surface area (Å²) in [5.41, 5.74) is 8.58. The lowest BCUT2D eigenvalue weighted by molar-refractivity contribution is 0.546. The molecule has 0 radical (unpaired) electrons. The first kappa shape index (κ1) is 14.5. The van der Waals surface area contributed by atoms with Crippen molar-refractivity contribution in [1.29, 1.82) is 0 Å². The number of rotatable bonds is 5. The van der Waals surface area contributed by atoms with Crippen LogP contribution in [0, 0.1) is 12.7 Å². The molecule has 2 aromatic rings. The summed E-state index contributed by atoms with van der Waals surface area (Å²) in [6, 6.07) is 9.22. The van der Waals surface area contributed by atoms with Crippen LogP contribution < -0.4 is 11.1 Å². The second-order valence-electron chi connectivity index (χ2n) is 4.91. The maximum atomic E-state index is 13.4. The summed E-state index contributed by atoms with van der Waals surface area (Å²) < 4.78 is 13.4. The van der Waals surface area contributed by atoms with Crippen molar-refractivity contribution in [2.45, 2.75) is 26.3 Å². The van der Waals surface area contributed by atoms with E-state index >= 15 is 0 Å². The molecule has 0 aliphatic carbocycles. The number of aryl methyl sites for hydroxylation is 1. The van der Waals surface area contributed by atoms with Crippen LogP contribution in [0.15, 0.2) is 36.5 Å². The predicted octanol–water partition coefficient (Wildman–Crippen LogP) is 3.00. The van der Waals surface area contributed by atoms with Crippen LogP contribution in [0.1, 0.15) is 29.7 Å². The first-order valence-corrected chi connectivity index (χ1v) is 6.80. The van der Waals surface area contributed by atoms with Gasteiger partial charge in [-0.15, -0.1) is 0 Å². The third-order valence-electron chi connectivity index (χ3n) is 3.32. The monoisotopic (exact) mass is 273 g/mol. The zero-order chi connectivity index (χ0) is 14.5. The summed E-state index contributed by atoms with van der Waals surface area (Å²) in [6.45, 7) is 4.69. The van der Waals surface area contributed by atoms with Crippen LogP contribution in [0.2, 0.25) is 0 Å². The number of likely N-dealkylation sites (N-methyl/N-ethyl adjacent to an activating group) is 1. The molecule has 0 amide bonds. The van der Waals surface area contributed by atoms with Gasteiger partial charge in [0.25, 0.3) is 0 Å². The zero-order valence-corrected chi connectivity index (χ0v) is 11.9. The molecule has 1 unspecified atom stereocenters. The lowest BCUT2D eigenvalue weighted by Crippen LogP contribution is -2.23. The molecule has 0 aliphatic rings. The van der Waals surface area contributed by atoms with E-state index in [0.29, 0.717) is 11.4 Å². The first-order valence-electron chi connectivity index (χ1n) is 6.80. The molecule has 20 heavy (non-hydrogen) atoms. The van der Waals surface area contributed by atoms with Gasteiger partial charge in [-0.25, -0.2) is 9.37 Å². The molecule has 1 atom stereocenters. The summed E-state index contributed by atoms with van der Waals surface area (Å²) in [4.78, 5) is 4.00. The Bertz CT molecular complexity index is 584. The van der Waals surface area contributed by atoms with Crippen LogP contribution in [-0.4, -0.2) is 11.5 Å². The quantitative estimate of drug-likeness (QED) is 0.880. The summed E-state index contributed by atoms with van der Waals surface area (Å²) in [5, 5.41) is 3.43. The van der Waals surface area contributed by atoms with Crippen LogP contribution in [0.5, 0.6) is 0 Å². The average molecular weight is 273 g/mol. The molecule has 0 spiro atoms. The molecule has 0 saturated heterocycles. The van der Waals surface area contributed by atoms with Gasteiger partial charge in [-0.1, -0.05) is 19.1 Å². The van der Waals surface area contributed by atoms with E-state index in [-0.39, 0.29) is 11.9 Å². The Hall–Kier alpha value is -1.94. The van der Waals surface area contributed by atoms with Gasteiger partial charge in [0.2, 0.25) is 0 Å². The van der Waals surface area contributed by atoms with Crippen molar-refractivity contribution in [1.82, 2.24) is 10.3 Å². The molecule has 3 nitrogen and oxygen atoms in total. The molecule has 106 valence electrons. The Balaban J connectivity index is 2.24. The van der Waals surface area contributed by atoms with Crippen molar-refractivity contribution in [2.75, 3.05) is 12.3 Å². The highest BCUT2D eigenvalue weighted by Gasteiger charge is 2.12. The minimum atomic E-state index is -0.169. The van der Waals surface area contributed by atoms with Crippen molar-refractivity contribution < 1.29 is 4.39 Å². The number of pyridine rings is 1. The highest BCUT2D eigenvalue weighted by Crippen LogP contribution is 2.21. The van der Waals surface area contributed by atoms with Gasteiger partial charge < -0.3 is 11.1 Å². The molecular formula is C16H20FN3. The van der Waals surface area contributed by atoms with Crippen molar-refractivity contribution in [3.05, 3.63) is 59.0 Å². The molecule has 3 N–H and O–H groups in total. The SMILES string of the molecule is CCNC(Cc1ccnc(N)c1)c1ccc(F)c(C)c1. The Morgan fingerprint density at radius 1 is 1.30 bits per heavy atom. The van der Waals surface area contributed by atoms with Crippen molar-refractivity contribution in [3.63, 3.8) is 0 Å². The van der Waals surface area contributed by atoms with Gasteiger partial charge in [-0.2, -0.15) is 0 Å². The number of nitrogens with zero attached hydrogens (tertiary/aromatic N) is 1. The summed E-state index contributed by atoms with van der Waals surface area (Å²) in [7, 11) is 0.